The Kier molecular flexibility index (Phi) is 5.63. The molecule has 0 unspecified atom stereocenters. The van der Waals surface area contributed by atoms with Crippen molar-refractivity contribution in [3.05, 3.63) is 0 Å². The first kappa shape index (κ1) is 13.4. The number of hydrogen-bond acceptors (Lipinski definition) is 4. The Labute approximate surface area is 65.5 Å². The highest BCUT2D eigenvalue weighted by Crippen LogP contribution is 1.95. The highest BCUT2D eigenvalue weighted by molar-refractivity contribution is 7.83. The molecule has 0 amide bonds. The molecule has 0 atom stereocenters. The van der Waals surface area contributed by atoms with E-state index in [-0.39, 0.29) is 6.61 Å². The molecule has 0 aliphatic carbocycles. The fourth-order valence-corrected chi connectivity index (χ4v) is 0. The van der Waals surface area contributed by atoms with E-state index in [9.17, 15) is 0 Å². The maximum absolute atomic E-state index is 8.97. The number of aliphatic hydroxyl groups is 2. The van der Waals surface area contributed by atoms with Gasteiger partial charge in [-0.15, -0.1) is 0 Å². The molecule has 7 heteroatoms. The largest absolute Gasteiger partial charge is 0.393 e. The molecule has 0 radical (unpaired) electrons. The fraction of sp³-hybridized carbons (Fsp3) is 1.00. The van der Waals surface area contributed by atoms with Crippen LogP contribution in [0, 0.1) is 0 Å². The van der Waals surface area contributed by atoms with Crippen molar-refractivity contribution in [1.29, 1.82) is 0 Å². The summed E-state index contributed by atoms with van der Waals surface area (Å²) in [5.74, 6) is 0. The summed E-state index contributed by atoms with van der Waals surface area (Å²) in [4.78, 5) is 0. The van der Waals surface area contributed by atoms with Gasteiger partial charge in [0.25, 0.3) is 0 Å². The Morgan fingerprint density at radius 3 is 1.55 bits per heavy atom. The topological polar surface area (TPSA) is 121 Å². The Hall–Kier alpha value is -0.210. The summed E-state index contributed by atoms with van der Waals surface area (Å²) >= 11 is 0. The first-order valence-corrected chi connectivity index (χ1v) is 4.15. The van der Waals surface area contributed by atoms with Crippen LogP contribution >= 0.6 is 0 Å². The minimum atomic E-state index is -4.17. The van der Waals surface area contributed by atoms with Gasteiger partial charge in [0.1, 0.15) is 0 Å². The molecular formula is C4H13NO5S. The SMILES string of the molecule is CC(C)(O)CO.NS(=O)(=O)O. The predicted molar refractivity (Wildman–Crippen MR) is 39.1 cm³/mol. The van der Waals surface area contributed by atoms with E-state index in [0.717, 1.165) is 0 Å². The average molecular weight is 187 g/mol. The van der Waals surface area contributed by atoms with Crippen LogP contribution in [0.25, 0.3) is 0 Å². The van der Waals surface area contributed by atoms with E-state index in [2.05, 4.69) is 5.14 Å². The highest BCUT2D eigenvalue weighted by Gasteiger charge is 2.07. The average Bonchev–Trinajstić information content (AvgIpc) is 1.59. The standard InChI is InChI=1S/C4H10O2.H3NO3S/c1-4(2,6)3-5;1-5(2,3)4/h5-6H,3H2,1-2H3;(H3,1,2,3,4). The molecular weight excluding hydrogens is 174 g/mol. The van der Waals surface area contributed by atoms with E-state index in [0.29, 0.717) is 0 Å². The monoisotopic (exact) mass is 187 g/mol. The molecule has 0 aromatic heterocycles. The second-order valence-electron chi connectivity index (χ2n) is 2.49. The molecule has 0 bridgehead atoms. The van der Waals surface area contributed by atoms with Gasteiger partial charge in [-0.3, -0.25) is 4.55 Å². The number of aliphatic hydroxyl groups excluding tert-OH is 1. The van der Waals surface area contributed by atoms with Crippen molar-refractivity contribution in [1.82, 2.24) is 0 Å². The van der Waals surface area contributed by atoms with Gasteiger partial charge >= 0.3 is 10.3 Å². The molecule has 0 saturated heterocycles. The first-order chi connectivity index (χ1) is 4.56. The van der Waals surface area contributed by atoms with Crippen molar-refractivity contribution in [2.45, 2.75) is 19.4 Å². The van der Waals surface area contributed by atoms with Crippen LogP contribution < -0.4 is 5.14 Å². The van der Waals surface area contributed by atoms with Crippen LogP contribution in [-0.4, -0.2) is 35.4 Å². The summed E-state index contributed by atoms with van der Waals surface area (Å²) in [6.45, 7) is 2.92. The maximum atomic E-state index is 8.97. The molecule has 0 saturated carbocycles. The van der Waals surface area contributed by atoms with Crippen molar-refractivity contribution < 1.29 is 23.2 Å². The lowest BCUT2D eigenvalue weighted by Gasteiger charge is -2.10. The summed E-state index contributed by atoms with van der Waals surface area (Å²) < 4.78 is 25.2. The quantitative estimate of drug-likeness (QED) is 0.372. The van der Waals surface area contributed by atoms with Gasteiger partial charge in [0.2, 0.25) is 0 Å². The van der Waals surface area contributed by atoms with Crippen molar-refractivity contribution in [3.63, 3.8) is 0 Å². The lowest BCUT2D eigenvalue weighted by atomic mass is 10.2. The van der Waals surface area contributed by atoms with Gasteiger partial charge in [-0.05, 0) is 13.8 Å². The van der Waals surface area contributed by atoms with E-state index in [1.165, 1.54) is 0 Å². The highest BCUT2D eigenvalue weighted by atomic mass is 32.2. The van der Waals surface area contributed by atoms with Gasteiger partial charge in [-0.2, -0.15) is 8.42 Å². The molecule has 0 aromatic rings. The van der Waals surface area contributed by atoms with Crippen LogP contribution in [0.2, 0.25) is 0 Å². The van der Waals surface area contributed by atoms with Crippen molar-refractivity contribution in [3.8, 4) is 0 Å². The van der Waals surface area contributed by atoms with Crippen LogP contribution in [0.3, 0.4) is 0 Å². The zero-order valence-electron chi connectivity index (χ0n) is 6.35. The Balaban J connectivity index is 0. The van der Waals surface area contributed by atoms with E-state index >= 15 is 0 Å². The lowest BCUT2D eigenvalue weighted by molar-refractivity contribution is 0.0183. The summed E-state index contributed by atoms with van der Waals surface area (Å²) in [6, 6.07) is 0. The molecule has 0 spiro atoms. The maximum Gasteiger partial charge on any atom is 0.330 e. The van der Waals surface area contributed by atoms with Crippen LogP contribution in [0.5, 0.6) is 0 Å². The van der Waals surface area contributed by atoms with Crippen molar-refractivity contribution >= 4 is 10.3 Å². The normalized spacial score (nSPS) is 11.8. The molecule has 70 valence electrons. The second-order valence-corrected chi connectivity index (χ2v) is 3.52. The summed E-state index contributed by atoms with van der Waals surface area (Å²) in [5.41, 5.74) is -0.903. The first-order valence-electron chi connectivity index (χ1n) is 2.64. The molecule has 0 heterocycles. The Bertz CT molecular complexity index is 171. The zero-order chi connectivity index (χ0) is 9.71. The minimum absolute atomic E-state index is 0.174. The van der Waals surface area contributed by atoms with Gasteiger partial charge in [0, 0.05) is 0 Å². The van der Waals surface area contributed by atoms with E-state index in [1.807, 2.05) is 0 Å². The van der Waals surface area contributed by atoms with Crippen molar-refractivity contribution in [2.24, 2.45) is 5.14 Å². The molecule has 5 N–H and O–H groups in total. The molecule has 0 aromatic carbocycles. The smallest absolute Gasteiger partial charge is 0.330 e. The van der Waals surface area contributed by atoms with Gasteiger partial charge in [0.05, 0.1) is 12.2 Å². The van der Waals surface area contributed by atoms with Gasteiger partial charge < -0.3 is 10.2 Å². The van der Waals surface area contributed by atoms with Crippen LogP contribution in [0.4, 0.5) is 0 Å². The van der Waals surface area contributed by atoms with Gasteiger partial charge in [-0.25, -0.2) is 5.14 Å². The molecule has 6 nitrogen and oxygen atoms in total. The number of hydrogen-bond donors (Lipinski definition) is 4. The molecule has 0 aliphatic heterocycles. The van der Waals surface area contributed by atoms with E-state index < -0.39 is 15.9 Å². The number of rotatable bonds is 1. The molecule has 0 rings (SSSR count). The van der Waals surface area contributed by atoms with Crippen LogP contribution in [0.15, 0.2) is 0 Å². The third-order valence-corrected chi connectivity index (χ3v) is 0.387. The molecule has 0 aliphatic rings. The fourth-order valence-electron chi connectivity index (χ4n) is 0. The third-order valence-electron chi connectivity index (χ3n) is 0.387. The third kappa shape index (κ3) is 76.3. The number of nitrogens with two attached hydrogens (primary N) is 1. The predicted octanol–water partition coefficient (Wildman–Crippen LogP) is -1.50. The lowest BCUT2D eigenvalue weighted by Crippen LogP contribution is -2.23. The second kappa shape index (κ2) is 4.62. The summed E-state index contributed by atoms with van der Waals surface area (Å²) in [6.07, 6.45) is 0. The minimum Gasteiger partial charge on any atom is -0.393 e. The zero-order valence-corrected chi connectivity index (χ0v) is 7.17. The van der Waals surface area contributed by atoms with Crippen LogP contribution in [-0.2, 0) is 10.3 Å². The Morgan fingerprint density at radius 1 is 1.45 bits per heavy atom. The van der Waals surface area contributed by atoms with E-state index in [4.69, 9.17) is 23.2 Å². The Morgan fingerprint density at radius 2 is 1.55 bits per heavy atom. The molecule has 11 heavy (non-hydrogen) atoms. The van der Waals surface area contributed by atoms with Gasteiger partial charge in [-0.1, -0.05) is 0 Å². The van der Waals surface area contributed by atoms with Crippen LogP contribution in [0.1, 0.15) is 13.8 Å². The molecule has 0 fully saturated rings. The van der Waals surface area contributed by atoms with E-state index in [1.54, 1.807) is 13.8 Å². The van der Waals surface area contributed by atoms with Gasteiger partial charge in [0.15, 0.2) is 0 Å². The summed E-state index contributed by atoms with van der Waals surface area (Å²) in [7, 11) is -4.17. The summed E-state index contributed by atoms with van der Waals surface area (Å²) in [5, 5.41) is 20.6. The van der Waals surface area contributed by atoms with Crippen molar-refractivity contribution in [2.75, 3.05) is 6.61 Å².